The monoisotopic (exact) mass is 435 g/mol. The lowest BCUT2D eigenvalue weighted by Gasteiger charge is -2.25. The van der Waals surface area contributed by atoms with Gasteiger partial charge in [-0.1, -0.05) is 30.9 Å². The van der Waals surface area contributed by atoms with Crippen LogP contribution in [-0.4, -0.2) is 26.2 Å². The first kappa shape index (κ1) is 21.0. The number of fused-ring (bicyclic) bond motifs is 1. The SMILES string of the molecule is C=CCOc1ccc(C2CC(=O)Nc3c(-c4ccc(OC)cc4)csc32)cc1OCC. The van der Waals surface area contributed by atoms with Crippen molar-refractivity contribution in [2.45, 2.75) is 19.3 Å². The van der Waals surface area contributed by atoms with Crippen LogP contribution in [0.5, 0.6) is 17.2 Å². The summed E-state index contributed by atoms with van der Waals surface area (Å²) in [6, 6.07) is 13.8. The first-order chi connectivity index (χ1) is 15.1. The number of thiophene rings is 1. The summed E-state index contributed by atoms with van der Waals surface area (Å²) >= 11 is 1.67. The minimum absolute atomic E-state index is 0.00982. The van der Waals surface area contributed by atoms with E-state index in [1.807, 2.05) is 49.4 Å². The molecular weight excluding hydrogens is 410 g/mol. The molecule has 2 aromatic carbocycles. The van der Waals surface area contributed by atoms with Gasteiger partial charge in [0.15, 0.2) is 11.5 Å². The van der Waals surface area contributed by atoms with Crippen LogP contribution in [0, 0.1) is 0 Å². The minimum atomic E-state index is -0.0339. The summed E-state index contributed by atoms with van der Waals surface area (Å²) in [4.78, 5) is 13.8. The molecule has 1 aliphatic rings. The highest BCUT2D eigenvalue weighted by molar-refractivity contribution is 7.11. The Bertz CT molecular complexity index is 1090. The Kier molecular flexibility index (Phi) is 6.28. The van der Waals surface area contributed by atoms with Crippen LogP contribution in [0.1, 0.15) is 29.7 Å². The summed E-state index contributed by atoms with van der Waals surface area (Å²) < 4.78 is 16.8. The third kappa shape index (κ3) is 4.30. The largest absolute Gasteiger partial charge is 0.497 e. The molecule has 6 heteroatoms. The van der Waals surface area contributed by atoms with Gasteiger partial charge < -0.3 is 19.5 Å². The lowest BCUT2D eigenvalue weighted by Crippen LogP contribution is -2.22. The Morgan fingerprint density at radius 3 is 2.68 bits per heavy atom. The van der Waals surface area contributed by atoms with Crippen LogP contribution < -0.4 is 19.5 Å². The van der Waals surface area contributed by atoms with Crippen LogP contribution in [0.2, 0.25) is 0 Å². The summed E-state index contributed by atoms with van der Waals surface area (Å²) in [5.74, 6) is 2.14. The molecule has 1 N–H and O–H groups in total. The van der Waals surface area contributed by atoms with Gasteiger partial charge in [-0.3, -0.25) is 4.79 Å². The Hall–Kier alpha value is -3.25. The highest BCUT2D eigenvalue weighted by Crippen LogP contribution is 2.47. The van der Waals surface area contributed by atoms with Crippen molar-refractivity contribution in [3.63, 3.8) is 0 Å². The van der Waals surface area contributed by atoms with Crippen LogP contribution in [-0.2, 0) is 4.79 Å². The van der Waals surface area contributed by atoms with Crippen molar-refractivity contribution in [3.05, 3.63) is 70.9 Å². The van der Waals surface area contributed by atoms with E-state index in [1.54, 1.807) is 24.5 Å². The van der Waals surface area contributed by atoms with Gasteiger partial charge in [-0.15, -0.1) is 11.3 Å². The van der Waals surface area contributed by atoms with Crippen LogP contribution in [0.4, 0.5) is 5.69 Å². The smallest absolute Gasteiger partial charge is 0.225 e. The molecule has 0 radical (unpaired) electrons. The zero-order valence-corrected chi connectivity index (χ0v) is 18.5. The van der Waals surface area contributed by atoms with Gasteiger partial charge in [-0.25, -0.2) is 0 Å². The van der Waals surface area contributed by atoms with E-state index in [0.29, 0.717) is 31.1 Å². The van der Waals surface area contributed by atoms with E-state index in [2.05, 4.69) is 17.3 Å². The molecule has 0 saturated heterocycles. The van der Waals surface area contributed by atoms with Crippen molar-refractivity contribution in [1.82, 2.24) is 0 Å². The number of rotatable bonds is 8. The molecule has 0 saturated carbocycles. The topological polar surface area (TPSA) is 56.8 Å². The van der Waals surface area contributed by atoms with Crippen molar-refractivity contribution in [1.29, 1.82) is 0 Å². The second-order valence-electron chi connectivity index (χ2n) is 7.16. The fourth-order valence-corrected chi connectivity index (χ4v) is 4.92. The van der Waals surface area contributed by atoms with Crippen LogP contribution >= 0.6 is 11.3 Å². The average Bonchev–Trinajstić information content (AvgIpc) is 3.21. The van der Waals surface area contributed by atoms with E-state index in [-0.39, 0.29) is 11.8 Å². The van der Waals surface area contributed by atoms with Crippen molar-refractivity contribution >= 4 is 22.9 Å². The minimum Gasteiger partial charge on any atom is -0.497 e. The molecule has 0 spiro atoms. The molecule has 0 bridgehead atoms. The first-order valence-corrected chi connectivity index (χ1v) is 11.1. The molecule has 4 rings (SSSR count). The summed E-state index contributed by atoms with van der Waals surface area (Å²) in [6.07, 6.45) is 2.10. The van der Waals surface area contributed by atoms with E-state index in [4.69, 9.17) is 14.2 Å². The molecule has 1 atom stereocenters. The number of methoxy groups -OCH3 is 1. The van der Waals surface area contributed by atoms with E-state index < -0.39 is 0 Å². The molecule has 0 fully saturated rings. The number of amides is 1. The summed E-state index contributed by atoms with van der Waals surface area (Å²) in [7, 11) is 1.65. The van der Waals surface area contributed by atoms with Gasteiger partial charge in [-0.05, 0) is 42.3 Å². The Morgan fingerprint density at radius 1 is 1.16 bits per heavy atom. The van der Waals surface area contributed by atoms with Gasteiger partial charge in [0.1, 0.15) is 12.4 Å². The highest BCUT2D eigenvalue weighted by atomic mass is 32.1. The van der Waals surface area contributed by atoms with Crippen LogP contribution in [0.25, 0.3) is 11.1 Å². The molecule has 0 aliphatic carbocycles. The molecular formula is C25H25NO4S. The molecule has 1 unspecified atom stereocenters. The summed E-state index contributed by atoms with van der Waals surface area (Å²) in [5.41, 5.74) is 3.99. The molecule has 5 nitrogen and oxygen atoms in total. The average molecular weight is 436 g/mol. The van der Waals surface area contributed by atoms with Gasteiger partial charge in [0, 0.05) is 28.2 Å². The third-order valence-electron chi connectivity index (χ3n) is 5.22. The van der Waals surface area contributed by atoms with Crippen molar-refractivity contribution in [2.75, 3.05) is 25.6 Å². The maximum absolute atomic E-state index is 12.6. The number of carbonyl (C=O) groups excluding carboxylic acids is 1. The van der Waals surface area contributed by atoms with E-state index in [9.17, 15) is 4.79 Å². The second-order valence-corrected chi connectivity index (χ2v) is 8.07. The Balaban J connectivity index is 1.71. The number of anilines is 1. The van der Waals surface area contributed by atoms with E-state index in [0.717, 1.165) is 33.0 Å². The third-order valence-corrected chi connectivity index (χ3v) is 6.31. The Labute approximate surface area is 186 Å². The number of benzene rings is 2. The molecule has 31 heavy (non-hydrogen) atoms. The highest BCUT2D eigenvalue weighted by Gasteiger charge is 2.31. The standard InChI is InChI=1S/C25H25NO4S/c1-4-12-30-21-11-8-17(13-22(21)29-5-2)19-14-23(27)26-24-20(15-31-25(19)24)16-6-9-18(28-3)10-7-16/h4,6-11,13,15,19H,1,5,12,14H2,2-3H3,(H,26,27). The number of hydrogen-bond acceptors (Lipinski definition) is 5. The molecule has 1 aliphatic heterocycles. The lowest BCUT2D eigenvalue weighted by atomic mass is 9.89. The maximum Gasteiger partial charge on any atom is 0.225 e. The van der Waals surface area contributed by atoms with Crippen molar-refractivity contribution < 1.29 is 19.0 Å². The van der Waals surface area contributed by atoms with Gasteiger partial charge in [-0.2, -0.15) is 0 Å². The first-order valence-electron chi connectivity index (χ1n) is 10.2. The zero-order chi connectivity index (χ0) is 21.8. The molecule has 160 valence electrons. The quantitative estimate of drug-likeness (QED) is 0.450. The fraction of sp³-hybridized carbons (Fsp3) is 0.240. The maximum atomic E-state index is 12.6. The van der Waals surface area contributed by atoms with Gasteiger partial charge in [0.2, 0.25) is 5.91 Å². The van der Waals surface area contributed by atoms with Gasteiger partial charge in [0.05, 0.1) is 19.4 Å². The number of ether oxygens (including phenoxy) is 3. The number of nitrogens with one attached hydrogen (secondary N) is 1. The summed E-state index contributed by atoms with van der Waals surface area (Å²) in [6.45, 7) is 6.58. The molecule has 3 aromatic rings. The lowest BCUT2D eigenvalue weighted by molar-refractivity contribution is -0.116. The summed E-state index contributed by atoms with van der Waals surface area (Å²) in [5, 5.41) is 5.19. The predicted molar refractivity (Wildman–Crippen MR) is 125 cm³/mol. The van der Waals surface area contributed by atoms with Crippen molar-refractivity contribution in [2.24, 2.45) is 0 Å². The van der Waals surface area contributed by atoms with E-state index >= 15 is 0 Å². The number of carbonyl (C=O) groups is 1. The molecule has 1 aromatic heterocycles. The van der Waals surface area contributed by atoms with Gasteiger partial charge >= 0.3 is 0 Å². The van der Waals surface area contributed by atoms with Gasteiger partial charge in [0.25, 0.3) is 0 Å². The van der Waals surface area contributed by atoms with Crippen LogP contribution in [0.15, 0.2) is 60.5 Å². The second kappa shape index (κ2) is 9.27. The molecule has 1 amide bonds. The van der Waals surface area contributed by atoms with Crippen molar-refractivity contribution in [3.8, 4) is 28.4 Å². The fourth-order valence-electron chi connectivity index (χ4n) is 3.76. The van der Waals surface area contributed by atoms with Crippen LogP contribution in [0.3, 0.4) is 0 Å². The zero-order valence-electron chi connectivity index (χ0n) is 17.6. The Morgan fingerprint density at radius 2 is 1.97 bits per heavy atom. The number of hydrogen-bond donors (Lipinski definition) is 1. The predicted octanol–water partition coefficient (Wildman–Crippen LogP) is 5.86. The normalized spacial score (nSPS) is 15.0. The van der Waals surface area contributed by atoms with E-state index in [1.165, 1.54) is 0 Å². The molecule has 2 heterocycles.